The van der Waals surface area contributed by atoms with Gasteiger partial charge < -0.3 is 14.3 Å². The third-order valence-electron chi connectivity index (χ3n) is 3.52. The number of carbonyl (C=O) groups is 1. The van der Waals surface area contributed by atoms with E-state index in [-0.39, 0.29) is 0 Å². The molecule has 0 aliphatic carbocycles. The summed E-state index contributed by atoms with van der Waals surface area (Å²) >= 11 is 1.07. The topological polar surface area (TPSA) is 73.0 Å². The molecule has 0 spiro atoms. The van der Waals surface area contributed by atoms with E-state index in [1.807, 2.05) is 0 Å². The Morgan fingerprint density at radius 3 is 2.69 bits per heavy atom. The van der Waals surface area contributed by atoms with Gasteiger partial charge in [-0.25, -0.2) is 13.2 Å². The molecule has 0 saturated carbocycles. The monoisotopic (exact) mass is 382 g/mol. The van der Waals surface area contributed by atoms with E-state index in [1.165, 1.54) is 6.26 Å². The number of amides is 1. The van der Waals surface area contributed by atoms with Crippen LogP contribution in [0.2, 0.25) is 0 Å². The number of thioether (sulfide) groups is 1. The Labute approximate surface area is 150 Å². The summed E-state index contributed by atoms with van der Waals surface area (Å²) in [4.78, 5) is 12.2. The van der Waals surface area contributed by atoms with Crippen molar-refractivity contribution in [3.05, 3.63) is 48.0 Å². The van der Waals surface area contributed by atoms with E-state index >= 15 is 0 Å². The molecule has 10 heteroatoms. The highest BCUT2D eigenvalue weighted by Crippen LogP contribution is 2.27. The third kappa shape index (κ3) is 3.45. The molecule has 0 unspecified atom stereocenters. The van der Waals surface area contributed by atoms with Crippen LogP contribution in [0, 0.1) is 17.5 Å². The lowest BCUT2D eigenvalue weighted by Gasteiger charge is -2.12. The Bertz CT molecular complexity index is 943. The van der Waals surface area contributed by atoms with Gasteiger partial charge in [-0.2, -0.15) is 0 Å². The summed E-state index contributed by atoms with van der Waals surface area (Å²) in [6.45, 7) is 1.57. The van der Waals surface area contributed by atoms with E-state index in [9.17, 15) is 18.0 Å². The molecular weight excluding hydrogens is 369 g/mol. The molecule has 3 rings (SSSR count). The fraction of sp³-hybridized carbons (Fsp3) is 0.188. The lowest BCUT2D eigenvalue weighted by molar-refractivity contribution is -0.115. The van der Waals surface area contributed by atoms with Gasteiger partial charge in [-0.1, -0.05) is 11.8 Å². The van der Waals surface area contributed by atoms with Gasteiger partial charge in [0.1, 0.15) is 0 Å². The number of hydrogen-bond donors (Lipinski definition) is 1. The number of carbonyl (C=O) groups excluding carboxylic acids is 1. The summed E-state index contributed by atoms with van der Waals surface area (Å²) in [5.41, 5.74) is -0.435. The van der Waals surface area contributed by atoms with Crippen molar-refractivity contribution in [3.8, 4) is 11.6 Å². The molecule has 1 amide bonds. The number of nitrogens with one attached hydrogen (secondary N) is 1. The van der Waals surface area contributed by atoms with Gasteiger partial charge in [0.15, 0.2) is 34.2 Å². The maximum atomic E-state index is 13.7. The van der Waals surface area contributed by atoms with Crippen molar-refractivity contribution in [2.24, 2.45) is 7.05 Å². The van der Waals surface area contributed by atoms with Crippen molar-refractivity contribution >= 4 is 23.4 Å². The summed E-state index contributed by atoms with van der Waals surface area (Å²) in [5.74, 6) is -4.01. The quantitative estimate of drug-likeness (QED) is 0.539. The molecule has 26 heavy (non-hydrogen) atoms. The van der Waals surface area contributed by atoms with Gasteiger partial charge >= 0.3 is 0 Å². The smallest absolute Gasteiger partial charge is 0.237 e. The molecule has 2 aromatic heterocycles. The Hall–Kier alpha value is -2.75. The van der Waals surface area contributed by atoms with E-state index in [4.69, 9.17) is 4.42 Å². The normalized spacial score (nSPS) is 12.2. The van der Waals surface area contributed by atoms with Crippen molar-refractivity contribution in [2.45, 2.75) is 17.3 Å². The van der Waals surface area contributed by atoms with Gasteiger partial charge in [-0.05, 0) is 31.2 Å². The first-order valence-corrected chi connectivity index (χ1v) is 8.30. The number of hydrogen-bond acceptors (Lipinski definition) is 5. The van der Waals surface area contributed by atoms with Crippen molar-refractivity contribution in [1.82, 2.24) is 14.8 Å². The van der Waals surface area contributed by atoms with Gasteiger partial charge in [0.25, 0.3) is 0 Å². The van der Waals surface area contributed by atoms with Gasteiger partial charge in [-0.15, -0.1) is 10.2 Å². The van der Waals surface area contributed by atoms with Crippen LogP contribution in [0.4, 0.5) is 18.9 Å². The zero-order valence-electron chi connectivity index (χ0n) is 13.7. The van der Waals surface area contributed by atoms with Crippen LogP contribution in [0.25, 0.3) is 11.6 Å². The minimum atomic E-state index is -1.64. The number of furan rings is 1. The highest BCUT2D eigenvalue weighted by atomic mass is 32.2. The lowest BCUT2D eigenvalue weighted by atomic mass is 10.2. The summed E-state index contributed by atoms with van der Waals surface area (Å²) in [6, 6.07) is 5.13. The van der Waals surface area contributed by atoms with E-state index in [1.54, 1.807) is 30.7 Å². The molecule has 0 bridgehead atoms. The predicted octanol–water partition coefficient (Wildman–Crippen LogP) is 3.61. The highest BCUT2D eigenvalue weighted by Gasteiger charge is 2.22. The summed E-state index contributed by atoms with van der Waals surface area (Å²) < 4.78 is 46.8. The minimum Gasteiger partial charge on any atom is -0.461 e. The number of aromatic nitrogens is 3. The Balaban J connectivity index is 1.71. The molecule has 0 saturated heterocycles. The average molecular weight is 382 g/mol. The summed E-state index contributed by atoms with van der Waals surface area (Å²) in [5, 5.41) is 9.97. The maximum Gasteiger partial charge on any atom is 0.237 e. The van der Waals surface area contributed by atoms with E-state index in [0.29, 0.717) is 16.7 Å². The fourth-order valence-corrected chi connectivity index (χ4v) is 2.92. The zero-order valence-corrected chi connectivity index (χ0v) is 14.5. The predicted molar refractivity (Wildman–Crippen MR) is 89.0 cm³/mol. The van der Waals surface area contributed by atoms with Crippen LogP contribution in [-0.2, 0) is 11.8 Å². The SMILES string of the molecule is C[C@H](Sc1nnc(-c2ccco2)n1C)C(=O)Nc1ccc(F)c(F)c1F. The second-order valence-electron chi connectivity index (χ2n) is 5.31. The largest absolute Gasteiger partial charge is 0.461 e. The zero-order chi connectivity index (χ0) is 18.8. The summed E-state index contributed by atoms with van der Waals surface area (Å²) in [7, 11) is 1.71. The molecular formula is C16H13F3N4O2S. The molecule has 2 heterocycles. The van der Waals surface area contributed by atoms with Gasteiger partial charge in [0, 0.05) is 7.05 Å². The molecule has 0 aliphatic heterocycles. The second kappa shape index (κ2) is 7.24. The van der Waals surface area contributed by atoms with Crippen LogP contribution in [0.15, 0.2) is 40.1 Å². The molecule has 0 radical (unpaired) electrons. The number of nitrogens with zero attached hydrogens (tertiary/aromatic N) is 3. The number of halogens is 3. The minimum absolute atomic E-state index is 0.435. The maximum absolute atomic E-state index is 13.7. The molecule has 3 aromatic rings. The summed E-state index contributed by atoms with van der Waals surface area (Å²) in [6.07, 6.45) is 1.50. The first-order chi connectivity index (χ1) is 12.4. The molecule has 1 aromatic carbocycles. The van der Waals surface area contributed by atoms with Crippen LogP contribution >= 0.6 is 11.8 Å². The number of rotatable bonds is 5. The van der Waals surface area contributed by atoms with E-state index < -0.39 is 34.3 Å². The van der Waals surface area contributed by atoms with Crippen LogP contribution in [0.1, 0.15) is 6.92 Å². The molecule has 1 atom stereocenters. The Kier molecular flexibility index (Phi) is 5.03. The van der Waals surface area contributed by atoms with Crippen LogP contribution in [-0.4, -0.2) is 25.9 Å². The molecule has 136 valence electrons. The first-order valence-electron chi connectivity index (χ1n) is 7.42. The highest BCUT2D eigenvalue weighted by molar-refractivity contribution is 8.00. The number of anilines is 1. The Morgan fingerprint density at radius 2 is 2.00 bits per heavy atom. The van der Waals surface area contributed by atoms with Gasteiger partial charge in [-0.3, -0.25) is 4.79 Å². The van der Waals surface area contributed by atoms with Crippen LogP contribution in [0.3, 0.4) is 0 Å². The second-order valence-corrected chi connectivity index (χ2v) is 6.62. The van der Waals surface area contributed by atoms with Gasteiger partial charge in [0.2, 0.25) is 5.91 Å². The Morgan fingerprint density at radius 1 is 1.23 bits per heavy atom. The van der Waals surface area contributed by atoms with Crippen molar-refractivity contribution in [3.63, 3.8) is 0 Å². The van der Waals surface area contributed by atoms with Crippen LogP contribution in [0.5, 0.6) is 0 Å². The van der Waals surface area contributed by atoms with Crippen LogP contribution < -0.4 is 5.32 Å². The standard InChI is InChI=1S/C16H13F3N4O2S/c1-8(15(24)20-10-6-5-9(17)12(18)13(10)19)26-16-22-21-14(23(16)2)11-4-3-7-25-11/h3-8H,1-2H3,(H,20,24)/t8-/m0/s1. The molecule has 1 N–H and O–H groups in total. The fourth-order valence-electron chi connectivity index (χ4n) is 2.11. The molecule has 0 fully saturated rings. The van der Waals surface area contributed by atoms with Crippen molar-refractivity contribution in [2.75, 3.05) is 5.32 Å². The number of benzene rings is 1. The third-order valence-corrected chi connectivity index (χ3v) is 4.65. The van der Waals surface area contributed by atoms with Crippen molar-refractivity contribution < 1.29 is 22.4 Å². The molecule has 6 nitrogen and oxygen atoms in total. The van der Waals surface area contributed by atoms with Gasteiger partial charge in [0.05, 0.1) is 17.2 Å². The molecule has 0 aliphatic rings. The van der Waals surface area contributed by atoms with E-state index in [2.05, 4.69) is 15.5 Å². The van der Waals surface area contributed by atoms with E-state index in [0.717, 1.165) is 23.9 Å². The lowest BCUT2D eigenvalue weighted by Crippen LogP contribution is -2.23. The van der Waals surface area contributed by atoms with Crippen molar-refractivity contribution in [1.29, 1.82) is 0 Å². The average Bonchev–Trinajstić information content (AvgIpc) is 3.26. The first kappa shape index (κ1) is 18.1.